The molecule has 0 heterocycles. The van der Waals surface area contributed by atoms with Gasteiger partial charge in [-0.05, 0) is 12.3 Å². The molecule has 0 unspecified atom stereocenters. The van der Waals surface area contributed by atoms with E-state index in [4.69, 9.17) is 15.2 Å². The van der Waals surface area contributed by atoms with Gasteiger partial charge in [0.2, 0.25) is 5.91 Å². The minimum Gasteiger partial charge on any atom is -0.382 e. The normalized spacial score (nSPS) is 12.8. The zero-order valence-electron chi connectivity index (χ0n) is 10.5. The van der Waals surface area contributed by atoms with Crippen LogP contribution < -0.4 is 11.1 Å². The van der Waals surface area contributed by atoms with E-state index < -0.39 is 6.04 Å². The van der Waals surface area contributed by atoms with Crippen molar-refractivity contribution in [2.45, 2.75) is 26.3 Å². The molecule has 0 bridgehead atoms. The van der Waals surface area contributed by atoms with Crippen molar-refractivity contribution in [3.63, 3.8) is 0 Å². The smallest absolute Gasteiger partial charge is 0.237 e. The van der Waals surface area contributed by atoms with Gasteiger partial charge in [0, 0.05) is 13.7 Å². The van der Waals surface area contributed by atoms with Crippen molar-refractivity contribution in [1.82, 2.24) is 5.32 Å². The first kappa shape index (κ1) is 15.3. The van der Waals surface area contributed by atoms with E-state index in [0.29, 0.717) is 38.7 Å². The van der Waals surface area contributed by atoms with Crippen LogP contribution in [0.3, 0.4) is 0 Å². The molecule has 0 aliphatic heterocycles. The van der Waals surface area contributed by atoms with Crippen LogP contribution in [0.4, 0.5) is 0 Å². The SMILES string of the molecule is COCCOCCNC(=O)[C@@H](N)CC(C)C. The Morgan fingerprint density at radius 2 is 2.00 bits per heavy atom. The predicted octanol–water partition coefficient (Wildman–Crippen LogP) is 0.139. The Balaban J connectivity index is 3.42. The van der Waals surface area contributed by atoms with Gasteiger partial charge in [0.25, 0.3) is 0 Å². The number of carbonyl (C=O) groups excluding carboxylic acids is 1. The molecule has 0 rings (SSSR count). The van der Waals surface area contributed by atoms with Gasteiger partial charge in [0.05, 0.1) is 25.9 Å². The molecule has 0 fully saturated rings. The van der Waals surface area contributed by atoms with Crippen LogP contribution in [0, 0.1) is 5.92 Å². The maximum atomic E-state index is 11.5. The molecule has 0 spiro atoms. The summed E-state index contributed by atoms with van der Waals surface area (Å²) in [6, 6.07) is -0.418. The standard InChI is InChI=1S/C11H24N2O3/c1-9(2)8-10(12)11(14)13-4-5-16-7-6-15-3/h9-10H,4-8,12H2,1-3H3,(H,13,14)/t10-/m0/s1. The Hall–Kier alpha value is -0.650. The average molecular weight is 232 g/mol. The summed E-state index contributed by atoms with van der Waals surface area (Å²) < 4.78 is 10.0. The number of rotatable bonds is 9. The number of hydrogen-bond donors (Lipinski definition) is 2. The Morgan fingerprint density at radius 1 is 1.31 bits per heavy atom. The van der Waals surface area contributed by atoms with E-state index in [1.807, 2.05) is 13.8 Å². The lowest BCUT2D eigenvalue weighted by molar-refractivity contribution is -0.122. The van der Waals surface area contributed by atoms with E-state index in [1.165, 1.54) is 0 Å². The fraction of sp³-hybridized carbons (Fsp3) is 0.909. The third-order valence-electron chi connectivity index (χ3n) is 2.04. The summed E-state index contributed by atoms with van der Waals surface area (Å²) >= 11 is 0. The van der Waals surface area contributed by atoms with Crippen molar-refractivity contribution in [3.05, 3.63) is 0 Å². The first-order chi connectivity index (χ1) is 7.57. The minimum atomic E-state index is -0.418. The van der Waals surface area contributed by atoms with E-state index in [0.717, 1.165) is 0 Å². The molecule has 0 saturated heterocycles. The lowest BCUT2D eigenvalue weighted by Crippen LogP contribution is -2.42. The minimum absolute atomic E-state index is 0.107. The lowest BCUT2D eigenvalue weighted by Gasteiger charge is -2.14. The largest absolute Gasteiger partial charge is 0.382 e. The van der Waals surface area contributed by atoms with Crippen molar-refractivity contribution in [3.8, 4) is 0 Å². The summed E-state index contributed by atoms with van der Waals surface area (Å²) in [5, 5.41) is 2.73. The molecular weight excluding hydrogens is 208 g/mol. The molecule has 5 heteroatoms. The second-order valence-electron chi connectivity index (χ2n) is 4.13. The zero-order chi connectivity index (χ0) is 12.4. The number of ether oxygens (including phenoxy) is 2. The zero-order valence-corrected chi connectivity index (χ0v) is 10.5. The van der Waals surface area contributed by atoms with E-state index in [1.54, 1.807) is 7.11 Å². The first-order valence-electron chi connectivity index (χ1n) is 5.68. The van der Waals surface area contributed by atoms with Gasteiger partial charge < -0.3 is 20.5 Å². The van der Waals surface area contributed by atoms with Crippen molar-refractivity contribution in [1.29, 1.82) is 0 Å². The second kappa shape index (κ2) is 9.57. The third kappa shape index (κ3) is 8.64. The summed E-state index contributed by atoms with van der Waals surface area (Å²) in [4.78, 5) is 11.5. The van der Waals surface area contributed by atoms with Crippen LogP contribution >= 0.6 is 0 Å². The van der Waals surface area contributed by atoms with Gasteiger partial charge in [-0.1, -0.05) is 13.8 Å². The molecule has 96 valence electrons. The highest BCUT2D eigenvalue weighted by Crippen LogP contribution is 2.02. The molecule has 0 aliphatic carbocycles. The Bertz CT molecular complexity index is 186. The van der Waals surface area contributed by atoms with Gasteiger partial charge in [-0.2, -0.15) is 0 Å². The van der Waals surface area contributed by atoms with E-state index in [-0.39, 0.29) is 5.91 Å². The maximum Gasteiger partial charge on any atom is 0.237 e. The van der Waals surface area contributed by atoms with Gasteiger partial charge in [0.15, 0.2) is 0 Å². The van der Waals surface area contributed by atoms with Crippen LogP contribution in [0.1, 0.15) is 20.3 Å². The monoisotopic (exact) mass is 232 g/mol. The predicted molar refractivity (Wildman–Crippen MR) is 63.1 cm³/mol. The number of hydrogen-bond acceptors (Lipinski definition) is 4. The Kier molecular flexibility index (Phi) is 9.18. The highest BCUT2D eigenvalue weighted by Gasteiger charge is 2.13. The number of carbonyl (C=O) groups is 1. The second-order valence-corrected chi connectivity index (χ2v) is 4.13. The average Bonchev–Trinajstić information content (AvgIpc) is 2.21. The lowest BCUT2D eigenvalue weighted by atomic mass is 10.0. The van der Waals surface area contributed by atoms with Gasteiger partial charge >= 0.3 is 0 Å². The van der Waals surface area contributed by atoms with Gasteiger partial charge in [0.1, 0.15) is 0 Å². The number of amides is 1. The molecule has 0 aromatic carbocycles. The van der Waals surface area contributed by atoms with Crippen LogP contribution in [0.5, 0.6) is 0 Å². The summed E-state index contributed by atoms with van der Waals surface area (Å²) in [6.45, 7) is 6.19. The number of nitrogens with two attached hydrogens (primary N) is 1. The molecule has 1 amide bonds. The van der Waals surface area contributed by atoms with Crippen LogP contribution in [0.25, 0.3) is 0 Å². The third-order valence-corrected chi connectivity index (χ3v) is 2.04. The van der Waals surface area contributed by atoms with Crippen molar-refractivity contribution in [2.24, 2.45) is 11.7 Å². The molecule has 0 aliphatic rings. The molecule has 0 aromatic rings. The molecule has 5 nitrogen and oxygen atoms in total. The molecule has 1 atom stereocenters. The Labute approximate surface area is 97.7 Å². The summed E-state index contributed by atoms with van der Waals surface area (Å²) in [5.41, 5.74) is 5.71. The number of nitrogens with one attached hydrogen (secondary N) is 1. The topological polar surface area (TPSA) is 73.6 Å². The van der Waals surface area contributed by atoms with Crippen molar-refractivity contribution >= 4 is 5.91 Å². The maximum absolute atomic E-state index is 11.5. The highest BCUT2D eigenvalue weighted by atomic mass is 16.5. The number of methoxy groups -OCH3 is 1. The fourth-order valence-electron chi connectivity index (χ4n) is 1.24. The summed E-state index contributed by atoms with van der Waals surface area (Å²) in [7, 11) is 1.62. The van der Waals surface area contributed by atoms with E-state index in [2.05, 4.69) is 5.32 Å². The fourth-order valence-corrected chi connectivity index (χ4v) is 1.24. The van der Waals surface area contributed by atoms with Crippen molar-refractivity contribution in [2.75, 3.05) is 33.5 Å². The Morgan fingerprint density at radius 3 is 2.56 bits per heavy atom. The van der Waals surface area contributed by atoms with Crippen LogP contribution in [0.15, 0.2) is 0 Å². The molecule has 16 heavy (non-hydrogen) atoms. The quantitative estimate of drug-likeness (QED) is 0.555. The molecular formula is C11H24N2O3. The highest BCUT2D eigenvalue weighted by molar-refractivity contribution is 5.81. The molecule has 0 aromatic heterocycles. The van der Waals surface area contributed by atoms with Crippen molar-refractivity contribution < 1.29 is 14.3 Å². The summed E-state index contributed by atoms with van der Waals surface area (Å²) in [5.74, 6) is 0.322. The molecule has 0 radical (unpaired) electrons. The molecule has 0 saturated carbocycles. The molecule has 3 N–H and O–H groups in total. The van der Waals surface area contributed by atoms with Gasteiger partial charge in [-0.15, -0.1) is 0 Å². The van der Waals surface area contributed by atoms with E-state index >= 15 is 0 Å². The van der Waals surface area contributed by atoms with Crippen LogP contribution in [0.2, 0.25) is 0 Å². The summed E-state index contributed by atoms with van der Waals surface area (Å²) in [6.07, 6.45) is 0.705. The first-order valence-corrected chi connectivity index (χ1v) is 5.68. The van der Waals surface area contributed by atoms with Gasteiger partial charge in [-0.3, -0.25) is 4.79 Å². The van der Waals surface area contributed by atoms with E-state index in [9.17, 15) is 4.79 Å². The van der Waals surface area contributed by atoms with Crippen LogP contribution in [-0.4, -0.2) is 45.4 Å². The van der Waals surface area contributed by atoms with Crippen LogP contribution in [-0.2, 0) is 14.3 Å². The van der Waals surface area contributed by atoms with Gasteiger partial charge in [-0.25, -0.2) is 0 Å².